The van der Waals surface area contributed by atoms with Gasteiger partial charge >= 0.3 is 0 Å². The molecule has 1 N–H and O–H groups in total. The molecule has 0 fully saturated rings. The van der Waals surface area contributed by atoms with Gasteiger partial charge in [0.2, 0.25) is 0 Å². The molecule has 5 nitrogen and oxygen atoms in total. The van der Waals surface area contributed by atoms with Crippen LogP contribution >= 0.6 is 11.6 Å². The third-order valence-corrected chi connectivity index (χ3v) is 5.57. The van der Waals surface area contributed by atoms with Crippen molar-refractivity contribution in [3.8, 4) is 0 Å². The Bertz CT molecular complexity index is 1220. The molecule has 1 aliphatic heterocycles. The zero-order valence-corrected chi connectivity index (χ0v) is 18.3. The summed E-state index contributed by atoms with van der Waals surface area (Å²) >= 11 is 6.08. The van der Waals surface area contributed by atoms with Gasteiger partial charge in [-0.1, -0.05) is 41.4 Å². The average molecular weight is 432 g/mol. The van der Waals surface area contributed by atoms with Gasteiger partial charge in [-0.2, -0.15) is 0 Å². The van der Waals surface area contributed by atoms with Gasteiger partial charge in [0.05, 0.1) is 12.1 Å². The SMILES string of the molecule is Cc1ccc(C2=C(Nc3ccc(Cl)cc3C)C(=O)N(Cc3cccnc3)C2=O)c(C)c1. The minimum absolute atomic E-state index is 0.157. The van der Waals surface area contributed by atoms with Crippen molar-refractivity contribution in [2.24, 2.45) is 0 Å². The summed E-state index contributed by atoms with van der Waals surface area (Å²) in [5, 5.41) is 3.83. The number of carbonyl (C=O) groups excluding carboxylic acids is 2. The molecule has 156 valence electrons. The van der Waals surface area contributed by atoms with Crippen molar-refractivity contribution in [2.75, 3.05) is 5.32 Å². The molecule has 6 heteroatoms. The van der Waals surface area contributed by atoms with Gasteiger partial charge in [0.15, 0.2) is 0 Å². The fraction of sp³-hybridized carbons (Fsp3) is 0.160. The van der Waals surface area contributed by atoms with E-state index in [4.69, 9.17) is 11.6 Å². The maximum atomic E-state index is 13.5. The van der Waals surface area contributed by atoms with Crippen molar-refractivity contribution < 1.29 is 9.59 Å². The molecule has 1 aromatic heterocycles. The summed E-state index contributed by atoms with van der Waals surface area (Å²) in [7, 11) is 0. The van der Waals surface area contributed by atoms with Gasteiger partial charge in [-0.05, 0) is 67.3 Å². The summed E-state index contributed by atoms with van der Waals surface area (Å²) in [4.78, 5) is 32.2. The minimum atomic E-state index is -0.363. The lowest BCUT2D eigenvalue weighted by Crippen LogP contribution is -2.32. The number of rotatable bonds is 5. The van der Waals surface area contributed by atoms with Crippen LogP contribution in [-0.2, 0) is 16.1 Å². The first-order valence-corrected chi connectivity index (χ1v) is 10.3. The van der Waals surface area contributed by atoms with Crippen LogP contribution in [-0.4, -0.2) is 21.7 Å². The number of hydrogen-bond acceptors (Lipinski definition) is 4. The first-order valence-electron chi connectivity index (χ1n) is 9.95. The van der Waals surface area contributed by atoms with Gasteiger partial charge in [-0.3, -0.25) is 19.5 Å². The highest BCUT2D eigenvalue weighted by Crippen LogP contribution is 2.34. The molecule has 3 aromatic rings. The molecule has 2 aromatic carbocycles. The number of nitrogens with one attached hydrogen (secondary N) is 1. The van der Waals surface area contributed by atoms with E-state index >= 15 is 0 Å². The predicted octanol–water partition coefficient (Wildman–Crippen LogP) is 5.05. The molecule has 31 heavy (non-hydrogen) atoms. The number of aromatic nitrogens is 1. The second-order valence-corrected chi connectivity index (χ2v) is 8.15. The van der Waals surface area contributed by atoms with E-state index in [1.807, 2.05) is 57.2 Å². The average Bonchev–Trinajstić information content (AvgIpc) is 2.95. The van der Waals surface area contributed by atoms with E-state index in [1.165, 1.54) is 4.90 Å². The lowest BCUT2D eigenvalue weighted by atomic mass is 9.97. The van der Waals surface area contributed by atoms with Crippen molar-refractivity contribution in [1.29, 1.82) is 0 Å². The van der Waals surface area contributed by atoms with Crippen LogP contribution in [0.25, 0.3) is 5.57 Å². The summed E-state index contributed by atoms with van der Waals surface area (Å²) in [6, 6.07) is 14.9. The van der Waals surface area contributed by atoms with Gasteiger partial charge in [-0.25, -0.2) is 0 Å². The first kappa shape index (κ1) is 20.8. The van der Waals surface area contributed by atoms with E-state index in [9.17, 15) is 9.59 Å². The lowest BCUT2D eigenvalue weighted by molar-refractivity contribution is -0.137. The topological polar surface area (TPSA) is 62.3 Å². The van der Waals surface area contributed by atoms with E-state index in [0.717, 1.165) is 33.5 Å². The van der Waals surface area contributed by atoms with Crippen molar-refractivity contribution in [2.45, 2.75) is 27.3 Å². The Labute approximate surface area is 186 Å². The Morgan fingerprint density at radius 3 is 2.45 bits per heavy atom. The maximum absolute atomic E-state index is 13.5. The highest BCUT2D eigenvalue weighted by molar-refractivity contribution is 6.36. The number of hydrogen-bond donors (Lipinski definition) is 1. The zero-order valence-electron chi connectivity index (χ0n) is 17.6. The maximum Gasteiger partial charge on any atom is 0.278 e. The van der Waals surface area contributed by atoms with Crippen LogP contribution < -0.4 is 5.32 Å². The van der Waals surface area contributed by atoms with Gasteiger partial charge < -0.3 is 5.32 Å². The lowest BCUT2D eigenvalue weighted by Gasteiger charge is -2.15. The van der Waals surface area contributed by atoms with Crippen LogP contribution in [0.3, 0.4) is 0 Å². The van der Waals surface area contributed by atoms with Crippen LogP contribution in [0.5, 0.6) is 0 Å². The molecule has 0 aliphatic carbocycles. The standard InChI is InChI=1S/C25H22ClN3O2/c1-15-6-8-20(16(2)11-15)22-23(28-21-9-7-19(26)12-17(21)3)25(31)29(24(22)30)14-18-5-4-10-27-13-18/h4-13,28H,14H2,1-3H3. The first-order chi connectivity index (χ1) is 14.8. The zero-order chi connectivity index (χ0) is 22.1. The van der Waals surface area contributed by atoms with Gasteiger partial charge in [0, 0.05) is 23.1 Å². The van der Waals surface area contributed by atoms with E-state index in [-0.39, 0.29) is 24.1 Å². The minimum Gasteiger partial charge on any atom is -0.350 e. The van der Waals surface area contributed by atoms with Crippen LogP contribution in [0.2, 0.25) is 5.02 Å². The molecular weight excluding hydrogens is 410 g/mol. The van der Waals surface area contributed by atoms with Crippen LogP contribution in [0.4, 0.5) is 5.69 Å². The van der Waals surface area contributed by atoms with E-state index in [1.54, 1.807) is 24.5 Å². The van der Waals surface area contributed by atoms with Gasteiger partial charge in [0.25, 0.3) is 11.8 Å². The normalized spacial score (nSPS) is 13.9. The third-order valence-electron chi connectivity index (χ3n) is 5.33. The van der Waals surface area contributed by atoms with Crippen molar-refractivity contribution in [3.63, 3.8) is 0 Å². The van der Waals surface area contributed by atoms with Crippen molar-refractivity contribution in [1.82, 2.24) is 9.88 Å². The molecule has 0 spiro atoms. The Kier molecular flexibility index (Phi) is 5.61. The number of anilines is 1. The second-order valence-electron chi connectivity index (χ2n) is 7.71. The van der Waals surface area contributed by atoms with E-state index in [2.05, 4.69) is 10.3 Å². The number of amides is 2. The number of pyridine rings is 1. The predicted molar refractivity (Wildman–Crippen MR) is 122 cm³/mol. The number of aryl methyl sites for hydroxylation is 3. The Hall–Kier alpha value is -3.44. The molecule has 0 saturated carbocycles. The quantitative estimate of drug-likeness (QED) is 0.574. The number of halogens is 1. The Morgan fingerprint density at radius 2 is 1.77 bits per heavy atom. The van der Waals surface area contributed by atoms with Crippen LogP contribution in [0.1, 0.15) is 27.8 Å². The number of carbonyl (C=O) groups is 2. The third kappa shape index (κ3) is 4.09. The fourth-order valence-electron chi connectivity index (χ4n) is 3.76. The van der Waals surface area contributed by atoms with Crippen molar-refractivity contribution in [3.05, 3.63) is 99.5 Å². The van der Waals surface area contributed by atoms with Gasteiger partial charge in [0.1, 0.15) is 5.70 Å². The molecule has 0 atom stereocenters. The molecule has 4 rings (SSSR count). The number of benzene rings is 2. The Morgan fingerprint density at radius 1 is 0.968 bits per heavy atom. The van der Waals surface area contributed by atoms with Crippen molar-refractivity contribution >= 4 is 34.7 Å². The molecule has 0 bridgehead atoms. The molecular formula is C25H22ClN3O2. The summed E-state index contributed by atoms with van der Waals surface area (Å²) in [5.41, 5.74) is 5.81. The monoisotopic (exact) mass is 431 g/mol. The van der Waals surface area contributed by atoms with E-state index in [0.29, 0.717) is 10.6 Å². The molecule has 0 radical (unpaired) electrons. The number of nitrogens with zero attached hydrogens (tertiary/aromatic N) is 2. The fourth-order valence-corrected chi connectivity index (χ4v) is 3.98. The summed E-state index contributed by atoms with van der Waals surface area (Å²) in [5.74, 6) is -0.687. The highest BCUT2D eigenvalue weighted by Gasteiger charge is 2.39. The summed E-state index contributed by atoms with van der Waals surface area (Å²) in [6.07, 6.45) is 3.32. The number of imide groups is 1. The summed E-state index contributed by atoms with van der Waals surface area (Å²) in [6.45, 7) is 6.00. The smallest absolute Gasteiger partial charge is 0.278 e. The van der Waals surface area contributed by atoms with Gasteiger partial charge in [-0.15, -0.1) is 0 Å². The second kappa shape index (κ2) is 8.36. The molecule has 1 aliphatic rings. The highest BCUT2D eigenvalue weighted by atomic mass is 35.5. The molecule has 2 amide bonds. The molecule has 2 heterocycles. The molecule has 0 saturated heterocycles. The van der Waals surface area contributed by atoms with E-state index < -0.39 is 0 Å². The Balaban J connectivity index is 1.80. The largest absolute Gasteiger partial charge is 0.350 e. The van der Waals surface area contributed by atoms with Crippen LogP contribution in [0.15, 0.2) is 66.6 Å². The summed E-state index contributed by atoms with van der Waals surface area (Å²) < 4.78 is 0. The van der Waals surface area contributed by atoms with Crippen LogP contribution in [0, 0.1) is 20.8 Å². The molecule has 0 unspecified atom stereocenters.